The number of non-ortho nitro benzene ring substituents is 1. The molecule has 0 spiro atoms. The highest BCUT2D eigenvalue weighted by Gasteiger charge is 2.63. The van der Waals surface area contributed by atoms with Gasteiger partial charge in [0.15, 0.2) is 0 Å². The van der Waals surface area contributed by atoms with E-state index < -0.39 is 10.8 Å². The van der Waals surface area contributed by atoms with Gasteiger partial charge < -0.3 is 5.32 Å². The van der Waals surface area contributed by atoms with Crippen LogP contribution < -0.4 is 5.32 Å². The zero-order valence-corrected chi connectivity index (χ0v) is 16.6. The first-order chi connectivity index (χ1) is 14.9. The molecule has 158 valence electrons. The maximum Gasteiger partial charge on any atom is 0.271 e. The Hall–Kier alpha value is -3.55. The lowest BCUT2D eigenvalue weighted by molar-refractivity contribution is -0.384. The molecular formula is C23H21N3O5. The summed E-state index contributed by atoms with van der Waals surface area (Å²) in [6.45, 7) is -0.372. The van der Waals surface area contributed by atoms with Gasteiger partial charge in [-0.2, -0.15) is 0 Å². The number of rotatable bonds is 5. The molecule has 0 radical (unpaired) electrons. The van der Waals surface area contributed by atoms with Gasteiger partial charge in [-0.15, -0.1) is 0 Å². The number of anilines is 1. The Labute approximate surface area is 178 Å². The van der Waals surface area contributed by atoms with E-state index in [1.165, 1.54) is 29.8 Å². The number of fused-ring (bicyclic) bond motifs is 5. The Kier molecular flexibility index (Phi) is 4.57. The predicted octanol–water partition coefficient (Wildman–Crippen LogP) is 2.96. The second kappa shape index (κ2) is 7.30. The van der Waals surface area contributed by atoms with Crippen molar-refractivity contribution in [3.05, 3.63) is 70.3 Å². The lowest BCUT2D eigenvalue weighted by Crippen LogP contribution is -2.39. The predicted molar refractivity (Wildman–Crippen MR) is 111 cm³/mol. The number of hydrogen-bond donors (Lipinski definition) is 1. The number of likely N-dealkylation sites (tertiary alicyclic amines) is 1. The van der Waals surface area contributed by atoms with E-state index in [2.05, 4.69) is 17.4 Å². The van der Waals surface area contributed by atoms with Gasteiger partial charge in [0, 0.05) is 17.8 Å². The molecule has 2 aliphatic carbocycles. The van der Waals surface area contributed by atoms with E-state index >= 15 is 0 Å². The molecule has 8 heteroatoms. The zero-order chi connectivity index (χ0) is 21.7. The van der Waals surface area contributed by atoms with E-state index in [9.17, 15) is 24.5 Å². The number of carbonyl (C=O) groups is 3. The van der Waals surface area contributed by atoms with Crippen LogP contribution in [0.4, 0.5) is 11.4 Å². The Bertz CT molecular complexity index is 1090. The van der Waals surface area contributed by atoms with Gasteiger partial charge in [-0.05, 0) is 42.2 Å². The van der Waals surface area contributed by atoms with Crippen molar-refractivity contribution in [2.24, 2.45) is 23.7 Å². The van der Waals surface area contributed by atoms with Gasteiger partial charge in [0.1, 0.15) is 6.54 Å². The second-order valence-corrected chi connectivity index (χ2v) is 8.58. The van der Waals surface area contributed by atoms with E-state index in [4.69, 9.17) is 0 Å². The first-order valence-corrected chi connectivity index (χ1v) is 10.4. The standard InChI is InChI=1S/C23H21N3O5/c27-19(24-15-7-4-8-16(11-15)26(30)31)12-25-22(28)20-14-9-17(13-5-2-1-3-6-13)18(10-14)21(20)23(25)29/h1-8,11,14,17-18,20-21H,9-10,12H2,(H,24,27)/t14-,17-,18+,20+,21-/m0/s1. The van der Waals surface area contributed by atoms with Crippen LogP contribution in [0.2, 0.25) is 0 Å². The molecule has 5 atom stereocenters. The number of nitro benzene ring substituents is 1. The van der Waals surface area contributed by atoms with Crippen LogP contribution in [0.1, 0.15) is 24.3 Å². The van der Waals surface area contributed by atoms with Crippen molar-refractivity contribution in [1.29, 1.82) is 0 Å². The molecule has 0 unspecified atom stereocenters. The molecule has 1 heterocycles. The molecule has 1 saturated heterocycles. The van der Waals surface area contributed by atoms with E-state index in [0.29, 0.717) is 0 Å². The monoisotopic (exact) mass is 419 g/mol. The maximum absolute atomic E-state index is 13.1. The average molecular weight is 419 g/mol. The summed E-state index contributed by atoms with van der Waals surface area (Å²) in [4.78, 5) is 50.1. The molecule has 3 amide bonds. The molecule has 2 saturated carbocycles. The van der Waals surface area contributed by atoms with Crippen LogP contribution in [0.15, 0.2) is 54.6 Å². The minimum atomic E-state index is -0.552. The Morgan fingerprint density at radius 1 is 1.03 bits per heavy atom. The summed E-state index contributed by atoms with van der Waals surface area (Å²) >= 11 is 0. The fourth-order valence-electron chi connectivity index (χ4n) is 5.80. The lowest BCUT2D eigenvalue weighted by atomic mass is 9.73. The molecule has 1 aliphatic heterocycles. The number of imide groups is 1. The van der Waals surface area contributed by atoms with Crippen LogP contribution in [-0.2, 0) is 14.4 Å². The third-order valence-corrected chi connectivity index (χ3v) is 6.98. The minimum absolute atomic E-state index is 0.124. The van der Waals surface area contributed by atoms with Crippen LogP contribution in [0.25, 0.3) is 0 Å². The average Bonchev–Trinajstić information content (AvgIpc) is 3.42. The SMILES string of the molecule is O=C(CN1C(=O)[C@@H]2[C@@H]3C[C@@H]([C@@H]2C1=O)[C@H](c1ccccc1)C3)Nc1cccc([N+](=O)[O-])c1. The number of nitrogens with zero attached hydrogens (tertiary/aromatic N) is 2. The minimum Gasteiger partial charge on any atom is -0.324 e. The fraction of sp³-hybridized carbons (Fsp3) is 0.348. The van der Waals surface area contributed by atoms with Gasteiger partial charge in [0.05, 0.1) is 16.8 Å². The summed E-state index contributed by atoms with van der Waals surface area (Å²) in [5.41, 5.74) is 1.31. The fourth-order valence-corrected chi connectivity index (χ4v) is 5.80. The van der Waals surface area contributed by atoms with Gasteiger partial charge in [-0.1, -0.05) is 36.4 Å². The topological polar surface area (TPSA) is 110 Å². The molecule has 1 N–H and O–H groups in total. The number of amides is 3. The smallest absolute Gasteiger partial charge is 0.271 e. The second-order valence-electron chi connectivity index (χ2n) is 8.58. The highest BCUT2D eigenvalue weighted by atomic mass is 16.6. The van der Waals surface area contributed by atoms with Gasteiger partial charge in [-0.3, -0.25) is 29.4 Å². The molecule has 5 rings (SSSR count). The Morgan fingerprint density at radius 3 is 2.52 bits per heavy atom. The molecular weight excluding hydrogens is 398 g/mol. The summed E-state index contributed by atoms with van der Waals surface area (Å²) in [6, 6.07) is 15.6. The summed E-state index contributed by atoms with van der Waals surface area (Å²) in [6.07, 6.45) is 1.77. The normalized spacial score (nSPS) is 28.6. The van der Waals surface area contributed by atoms with Crippen LogP contribution >= 0.6 is 0 Å². The molecule has 3 aliphatic rings. The number of nitrogens with one attached hydrogen (secondary N) is 1. The quantitative estimate of drug-likeness (QED) is 0.455. The highest BCUT2D eigenvalue weighted by molar-refractivity contribution is 6.09. The van der Waals surface area contributed by atoms with Crippen molar-refractivity contribution in [2.75, 3.05) is 11.9 Å². The van der Waals surface area contributed by atoms with Crippen molar-refractivity contribution in [2.45, 2.75) is 18.8 Å². The molecule has 0 aromatic heterocycles. The summed E-state index contributed by atoms with van der Waals surface area (Å²) in [5, 5.41) is 13.5. The number of nitro groups is 1. The third-order valence-electron chi connectivity index (χ3n) is 6.98. The molecule has 2 bridgehead atoms. The van der Waals surface area contributed by atoms with E-state index in [1.54, 1.807) is 0 Å². The van der Waals surface area contributed by atoms with Gasteiger partial charge in [0.25, 0.3) is 5.69 Å². The van der Waals surface area contributed by atoms with Crippen molar-refractivity contribution in [1.82, 2.24) is 4.90 Å². The summed E-state index contributed by atoms with van der Waals surface area (Å²) in [7, 11) is 0. The zero-order valence-electron chi connectivity index (χ0n) is 16.6. The van der Waals surface area contributed by atoms with Crippen molar-refractivity contribution in [3.63, 3.8) is 0 Å². The van der Waals surface area contributed by atoms with E-state index in [-0.39, 0.29) is 59.3 Å². The Morgan fingerprint density at radius 2 is 1.77 bits per heavy atom. The van der Waals surface area contributed by atoms with Crippen LogP contribution in [0, 0.1) is 33.8 Å². The van der Waals surface area contributed by atoms with Crippen LogP contribution in [-0.4, -0.2) is 34.1 Å². The Balaban J connectivity index is 1.30. The van der Waals surface area contributed by atoms with Gasteiger partial charge in [0.2, 0.25) is 17.7 Å². The molecule has 3 fully saturated rings. The number of benzene rings is 2. The summed E-state index contributed by atoms with van der Waals surface area (Å²) in [5.74, 6) is -1.21. The largest absolute Gasteiger partial charge is 0.324 e. The van der Waals surface area contributed by atoms with Crippen molar-refractivity contribution < 1.29 is 19.3 Å². The molecule has 2 aromatic carbocycles. The molecule has 2 aromatic rings. The van der Waals surface area contributed by atoms with Crippen LogP contribution in [0.5, 0.6) is 0 Å². The first kappa shape index (κ1) is 19.4. The van der Waals surface area contributed by atoms with Crippen molar-refractivity contribution >= 4 is 29.1 Å². The van der Waals surface area contributed by atoms with Crippen LogP contribution in [0.3, 0.4) is 0 Å². The summed E-state index contributed by atoms with van der Waals surface area (Å²) < 4.78 is 0. The maximum atomic E-state index is 13.1. The van der Waals surface area contributed by atoms with Crippen molar-refractivity contribution in [3.8, 4) is 0 Å². The number of carbonyl (C=O) groups excluding carboxylic acids is 3. The lowest BCUT2D eigenvalue weighted by Gasteiger charge is -2.28. The number of hydrogen-bond acceptors (Lipinski definition) is 5. The van der Waals surface area contributed by atoms with E-state index in [1.807, 2.05) is 18.2 Å². The van der Waals surface area contributed by atoms with E-state index in [0.717, 1.165) is 17.7 Å². The van der Waals surface area contributed by atoms with Gasteiger partial charge in [-0.25, -0.2) is 0 Å². The molecule has 31 heavy (non-hydrogen) atoms. The highest BCUT2D eigenvalue weighted by Crippen LogP contribution is 2.61. The first-order valence-electron chi connectivity index (χ1n) is 10.4. The third kappa shape index (κ3) is 3.19. The molecule has 8 nitrogen and oxygen atoms in total. The van der Waals surface area contributed by atoms with Gasteiger partial charge >= 0.3 is 0 Å².